The largest absolute Gasteiger partial charge is 0.354 e. The van der Waals surface area contributed by atoms with Crippen molar-refractivity contribution in [1.82, 2.24) is 10.2 Å². The fourth-order valence-corrected chi connectivity index (χ4v) is 3.02. The molecule has 1 aliphatic heterocycles. The zero-order chi connectivity index (χ0) is 14.5. The molecule has 0 saturated carbocycles. The number of piperidine rings is 1. The van der Waals surface area contributed by atoms with Crippen molar-refractivity contribution in [3.63, 3.8) is 0 Å². The first kappa shape index (κ1) is 15.0. The van der Waals surface area contributed by atoms with Gasteiger partial charge in [0.15, 0.2) is 0 Å². The third-order valence-corrected chi connectivity index (χ3v) is 4.03. The molecule has 0 aromatic heterocycles. The number of nitrogens with one attached hydrogen (secondary N) is 1. The van der Waals surface area contributed by atoms with Crippen LogP contribution in [-0.2, 0) is 4.79 Å². The van der Waals surface area contributed by atoms with Crippen LogP contribution in [0.2, 0.25) is 0 Å². The lowest BCUT2D eigenvalue weighted by Gasteiger charge is -2.37. The number of hydrogen-bond acceptors (Lipinski definition) is 3. The number of benzene rings is 1. The van der Waals surface area contributed by atoms with Crippen LogP contribution < -0.4 is 11.1 Å². The highest BCUT2D eigenvalue weighted by Gasteiger charge is 2.25. The molecule has 3 N–H and O–H groups in total. The highest BCUT2D eigenvalue weighted by Crippen LogP contribution is 2.24. The molecular weight excluding hydrogens is 250 g/mol. The van der Waals surface area contributed by atoms with Crippen LogP contribution in [0.1, 0.15) is 36.9 Å². The van der Waals surface area contributed by atoms with Crippen LogP contribution in [0, 0.1) is 6.92 Å². The molecule has 0 radical (unpaired) electrons. The van der Waals surface area contributed by atoms with Gasteiger partial charge in [0.25, 0.3) is 0 Å². The molecule has 2 rings (SSSR count). The quantitative estimate of drug-likeness (QED) is 0.877. The number of nitrogens with zero attached hydrogens (tertiary/aromatic N) is 1. The first-order chi connectivity index (χ1) is 9.60. The Hall–Kier alpha value is -1.39. The monoisotopic (exact) mass is 275 g/mol. The molecule has 1 saturated heterocycles. The summed E-state index contributed by atoms with van der Waals surface area (Å²) in [6.45, 7) is 6.30. The van der Waals surface area contributed by atoms with Gasteiger partial charge in [0.05, 0.1) is 0 Å². The van der Waals surface area contributed by atoms with E-state index >= 15 is 0 Å². The third-order valence-electron chi connectivity index (χ3n) is 4.03. The molecule has 1 aromatic rings. The van der Waals surface area contributed by atoms with Crippen molar-refractivity contribution in [2.75, 3.05) is 19.6 Å². The zero-order valence-electron chi connectivity index (χ0n) is 12.4. The Balaban J connectivity index is 1.98. The maximum absolute atomic E-state index is 11.1. The van der Waals surface area contributed by atoms with Gasteiger partial charge >= 0.3 is 0 Å². The van der Waals surface area contributed by atoms with Gasteiger partial charge in [-0.2, -0.15) is 0 Å². The van der Waals surface area contributed by atoms with Crippen LogP contribution in [-0.4, -0.2) is 36.5 Å². The highest BCUT2D eigenvalue weighted by molar-refractivity contribution is 5.73. The number of amides is 1. The van der Waals surface area contributed by atoms with E-state index in [2.05, 4.69) is 41.4 Å². The lowest BCUT2D eigenvalue weighted by atomic mass is 9.98. The summed E-state index contributed by atoms with van der Waals surface area (Å²) in [5, 5.41) is 3.01. The molecule has 1 heterocycles. The molecule has 1 fully saturated rings. The maximum atomic E-state index is 11.1. The second-order valence-corrected chi connectivity index (χ2v) is 5.68. The normalized spacial score (nSPS) is 18.8. The van der Waals surface area contributed by atoms with Crippen LogP contribution >= 0.6 is 0 Å². The van der Waals surface area contributed by atoms with Crippen molar-refractivity contribution in [2.24, 2.45) is 5.73 Å². The molecule has 1 aliphatic rings. The molecular formula is C16H25N3O. The average Bonchev–Trinajstić information content (AvgIpc) is 2.41. The second kappa shape index (κ2) is 6.86. The number of rotatable bonds is 4. The van der Waals surface area contributed by atoms with Gasteiger partial charge in [-0.25, -0.2) is 0 Å². The average molecular weight is 275 g/mol. The van der Waals surface area contributed by atoms with Crippen molar-refractivity contribution in [3.05, 3.63) is 35.4 Å². The van der Waals surface area contributed by atoms with Crippen molar-refractivity contribution in [2.45, 2.75) is 38.8 Å². The minimum atomic E-state index is 0.0671. The molecule has 1 amide bonds. The van der Waals surface area contributed by atoms with Gasteiger partial charge in [-0.3, -0.25) is 9.69 Å². The van der Waals surface area contributed by atoms with Crippen LogP contribution in [0.3, 0.4) is 0 Å². The molecule has 0 bridgehead atoms. The minimum Gasteiger partial charge on any atom is -0.354 e. The Morgan fingerprint density at radius 1 is 1.45 bits per heavy atom. The van der Waals surface area contributed by atoms with E-state index in [1.807, 2.05) is 0 Å². The minimum absolute atomic E-state index is 0.0671. The summed E-state index contributed by atoms with van der Waals surface area (Å²) < 4.78 is 0. The fourth-order valence-electron chi connectivity index (χ4n) is 3.02. The van der Waals surface area contributed by atoms with Crippen LogP contribution in [0.4, 0.5) is 0 Å². The Bertz CT molecular complexity index is 453. The molecule has 1 unspecified atom stereocenters. The van der Waals surface area contributed by atoms with Crippen LogP contribution in [0.5, 0.6) is 0 Å². The van der Waals surface area contributed by atoms with Gasteiger partial charge in [-0.15, -0.1) is 0 Å². The van der Waals surface area contributed by atoms with E-state index in [-0.39, 0.29) is 11.9 Å². The summed E-state index contributed by atoms with van der Waals surface area (Å²) in [7, 11) is 0. The Kier molecular flexibility index (Phi) is 5.15. The summed E-state index contributed by atoms with van der Waals surface area (Å²) in [4.78, 5) is 13.5. The fraction of sp³-hybridized carbons (Fsp3) is 0.562. The van der Waals surface area contributed by atoms with Crippen LogP contribution in [0.25, 0.3) is 0 Å². The predicted molar refractivity (Wildman–Crippen MR) is 81.4 cm³/mol. The van der Waals surface area contributed by atoms with E-state index in [4.69, 9.17) is 5.73 Å². The molecule has 4 heteroatoms. The third kappa shape index (κ3) is 3.81. The summed E-state index contributed by atoms with van der Waals surface area (Å²) in [5.74, 6) is 0.0671. The van der Waals surface area contributed by atoms with E-state index in [1.165, 1.54) is 11.1 Å². The van der Waals surface area contributed by atoms with E-state index in [1.54, 1.807) is 6.92 Å². The maximum Gasteiger partial charge on any atom is 0.217 e. The lowest BCUT2D eigenvalue weighted by molar-refractivity contribution is -0.120. The summed E-state index contributed by atoms with van der Waals surface area (Å²) in [6, 6.07) is 9.19. The molecule has 0 spiro atoms. The number of carbonyl (C=O) groups is 1. The highest BCUT2D eigenvalue weighted by atomic mass is 16.1. The van der Waals surface area contributed by atoms with E-state index in [9.17, 15) is 4.79 Å². The van der Waals surface area contributed by atoms with Gasteiger partial charge in [-0.1, -0.05) is 29.8 Å². The number of carbonyl (C=O) groups excluding carboxylic acids is 1. The molecule has 1 atom stereocenters. The summed E-state index contributed by atoms with van der Waals surface area (Å²) in [6.07, 6.45) is 2.00. The lowest BCUT2D eigenvalue weighted by Crippen LogP contribution is -2.46. The molecule has 110 valence electrons. The van der Waals surface area contributed by atoms with Crippen molar-refractivity contribution in [1.29, 1.82) is 0 Å². The Labute approximate surface area is 121 Å². The number of aryl methyl sites for hydroxylation is 1. The van der Waals surface area contributed by atoms with Gasteiger partial charge in [-0.05, 0) is 25.3 Å². The van der Waals surface area contributed by atoms with Crippen molar-refractivity contribution < 1.29 is 4.79 Å². The Morgan fingerprint density at radius 2 is 2.15 bits per heavy atom. The Morgan fingerprint density at radius 3 is 2.70 bits per heavy atom. The molecule has 1 aromatic carbocycles. The standard InChI is InChI=1S/C16H25N3O/c1-12-4-3-5-14(10-12)16(11-17)19-8-6-15(7-9-19)18-13(2)20/h3-5,10,15-16H,6-9,11,17H2,1-2H3,(H,18,20). The van der Waals surface area contributed by atoms with Crippen molar-refractivity contribution in [3.8, 4) is 0 Å². The summed E-state index contributed by atoms with van der Waals surface area (Å²) >= 11 is 0. The SMILES string of the molecule is CC(=O)NC1CCN(C(CN)c2cccc(C)c2)CC1. The second-order valence-electron chi connectivity index (χ2n) is 5.68. The molecule has 20 heavy (non-hydrogen) atoms. The smallest absolute Gasteiger partial charge is 0.217 e. The summed E-state index contributed by atoms with van der Waals surface area (Å²) in [5.41, 5.74) is 8.56. The number of hydrogen-bond donors (Lipinski definition) is 2. The van der Waals surface area contributed by atoms with Crippen LogP contribution in [0.15, 0.2) is 24.3 Å². The van der Waals surface area contributed by atoms with Gasteiger partial charge in [0.1, 0.15) is 0 Å². The number of likely N-dealkylation sites (tertiary alicyclic amines) is 1. The predicted octanol–water partition coefficient (Wildman–Crippen LogP) is 1.60. The van der Waals surface area contributed by atoms with Gasteiger partial charge in [0, 0.05) is 38.6 Å². The number of nitrogens with two attached hydrogens (primary N) is 1. The van der Waals surface area contributed by atoms with E-state index in [0.717, 1.165) is 25.9 Å². The molecule has 4 nitrogen and oxygen atoms in total. The molecule has 0 aliphatic carbocycles. The van der Waals surface area contributed by atoms with E-state index < -0.39 is 0 Å². The topological polar surface area (TPSA) is 58.4 Å². The first-order valence-corrected chi connectivity index (χ1v) is 7.38. The van der Waals surface area contributed by atoms with Crippen molar-refractivity contribution >= 4 is 5.91 Å². The van der Waals surface area contributed by atoms with Gasteiger partial charge in [0.2, 0.25) is 5.91 Å². The first-order valence-electron chi connectivity index (χ1n) is 7.38. The van der Waals surface area contributed by atoms with Gasteiger partial charge < -0.3 is 11.1 Å². The zero-order valence-corrected chi connectivity index (χ0v) is 12.4. The van der Waals surface area contributed by atoms with E-state index in [0.29, 0.717) is 12.6 Å².